The van der Waals surface area contributed by atoms with Gasteiger partial charge in [-0.1, -0.05) is 0 Å². The molecule has 1 heterocycles. The van der Waals surface area contributed by atoms with Gasteiger partial charge in [-0.05, 0) is 45.6 Å². The van der Waals surface area contributed by atoms with Crippen molar-refractivity contribution in [2.45, 2.75) is 31.3 Å². The molecular formula is C15H20FN3OS. The van der Waals surface area contributed by atoms with Crippen LogP contribution < -0.4 is 4.74 Å². The van der Waals surface area contributed by atoms with Crippen LogP contribution in [0, 0.1) is 10.6 Å². The van der Waals surface area contributed by atoms with E-state index in [4.69, 9.17) is 17.0 Å². The first-order valence-electron chi connectivity index (χ1n) is 7.10. The Bertz CT molecular complexity index is 730. The number of H-pyrrole nitrogens is 1. The number of benzene rings is 1. The van der Waals surface area contributed by atoms with Crippen molar-refractivity contribution in [3.8, 4) is 5.75 Å². The van der Waals surface area contributed by atoms with Crippen LogP contribution in [-0.4, -0.2) is 41.2 Å². The molecule has 1 aromatic carbocycles. The van der Waals surface area contributed by atoms with Gasteiger partial charge in [0.25, 0.3) is 0 Å². The summed E-state index contributed by atoms with van der Waals surface area (Å²) >= 11 is 5.43. The van der Waals surface area contributed by atoms with E-state index >= 15 is 0 Å². The average molecular weight is 309 g/mol. The topological polar surface area (TPSA) is 33.2 Å². The molecule has 1 aliphatic carbocycles. The molecule has 21 heavy (non-hydrogen) atoms. The highest BCUT2D eigenvalue weighted by Crippen LogP contribution is 2.38. The average Bonchev–Trinajstić information content (AvgIpc) is 2.67. The third kappa shape index (κ3) is 2.26. The van der Waals surface area contributed by atoms with Gasteiger partial charge in [-0.3, -0.25) is 0 Å². The highest BCUT2D eigenvalue weighted by Gasteiger charge is 2.39. The molecule has 3 rings (SSSR count). The van der Waals surface area contributed by atoms with Crippen LogP contribution in [0.3, 0.4) is 0 Å². The minimum absolute atomic E-state index is 0.148. The molecule has 1 aliphatic rings. The lowest BCUT2D eigenvalue weighted by Crippen LogP contribution is -2.53. The van der Waals surface area contributed by atoms with E-state index in [1.807, 2.05) is 0 Å². The Hall–Kier alpha value is -1.40. The minimum atomic E-state index is -0.376. The van der Waals surface area contributed by atoms with Crippen LogP contribution in [0.4, 0.5) is 4.39 Å². The van der Waals surface area contributed by atoms with E-state index < -0.39 is 0 Å². The standard InChI is InChI=1S/C15H20FN3OS/c1-18(2)15(5-4-6-15)9-19-12-8-13(20-3)10(16)7-11(12)17-14(19)21/h7-8H,4-6,9H2,1-3H3,(H,17,21). The molecular weight excluding hydrogens is 289 g/mol. The van der Waals surface area contributed by atoms with Crippen molar-refractivity contribution in [2.75, 3.05) is 21.2 Å². The Morgan fingerprint density at radius 2 is 2.14 bits per heavy atom. The maximum atomic E-state index is 13.8. The molecule has 114 valence electrons. The van der Waals surface area contributed by atoms with E-state index in [0.29, 0.717) is 10.3 Å². The Morgan fingerprint density at radius 3 is 2.67 bits per heavy atom. The number of nitrogens with one attached hydrogen (secondary N) is 1. The van der Waals surface area contributed by atoms with Gasteiger partial charge in [-0.15, -0.1) is 0 Å². The van der Waals surface area contributed by atoms with E-state index in [2.05, 4.69) is 28.5 Å². The molecule has 0 aliphatic heterocycles. The highest BCUT2D eigenvalue weighted by atomic mass is 32.1. The molecule has 1 saturated carbocycles. The lowest BCUT2D eigenvalue weighted by atomic mass is 9.75. The molecule has 1 fully saturated rings. The number of aromatic amines is 1. The van der Waals surface area contributed by atoms with Gasteiger partial charge in [0, 0.05) is 24.2 Å². The zero-order valence-electron chi connectivity index (χ0n) is 12.6. The second-order valence-corrected chi connectivity index (χ2v) is 6.38. The van der Waals surface area contributed by atoms with Crippen LogP contribution in [-0.2, 0) is 6.54 Å². The van der Waals surface area contributed by atoms with Crippen molar-refractivity contribution in [1.29, 1.82) is 0 Å². The molecule has 1 N–H and O–H groups in total. The maximum Gasteiger partial charge on any atom is 0.178 e. The summed E-state index contributed by atoms with van der Waals surface area (Å²) in [5.74, 6) is -0.128. The normalized spacial score (nSPS) is 17.2. The van der Waals surface area contributed by atoms with Crippen LogP contribution in [0.5, 0.6) is 5.75 Å². The van der Waals surface area contributed by atoms with Crippen LogP contribution >= 0.6 is 12.2 Å². The van der Waals surface area contributed by atoms with Crippen molar-refractivity contribution in [3.63, 3.8) is 0 Å². The zero-order valence-corrected chi connectivity index (χ0v) is 13.4. The summed E-state index contributed by atoms with van der Waals surface area (Å²) in [6.45, 7) is 0.813. The predicted octanol–water partition coefficient (Wildman–Crippen LogP) is 3.33. The fourth-order valence-corrected chi connectivity index (χ4v) is 3.37. The summed E-state index contributed by atoms with van der Waals surface area (Å²) in [5.41, 5.74) is 1.76. The Morgan fingerprint density at radius 1 is 1.43 bits per heavy atom. The van der Waals surface area contributed by atoms with E-state index in [0.717, 1.165) is 24.9 Å². The molecule has 0 spiro atoms. The summed E-state index contributed by atoms with van der Waals surface area (Å²) in [4.78, 5) is 5.37. The summed E-state index contributed by atoms with van der Waals surface area (Å²) < 4.78 is 21.6. The molecule has 0 saturated heterocycles. The Kier molecular flexibility index (Phi) is 3.53. The Labute approximate surface area is 128 Å². The quantitative estimate of drug-likeness (QED) is 0.880. The predicted molar refractivity (Wildman–Crippen MR) is 83.9 cm³/mol. The summed E-state index contributed by atoms with van der Waals surface area (Å²) in [6.07, 6.45) is 3.56. The smallest absolute Gasteiger partial charge is 0.178 e. The molecule has 0 bridgehead atoms. The monoisotopic (exact) mass is 309 g/mol. The number of methoxy groups -OCH3 is 1. The van der Waals surface area contributed by atoms with E-state index in [9.17, 15) is 4.39 Å². The van der Waals surface area contributed by atoms with Gasteiger partial charge in [-0.2, -0.15) is 0 Å². The van der Waals surface area contributed by atoms with Crippen LogP contribution in [0.1, 0.15) is 19.3 Å². The first-order chi connectivity index (χ1) is 9.97. The third-order valence-electron chi connectivity index (χ3n) is 4.73. The second kappa shape index (κ2) is 5.10. The fourth-order valence-electron chi connectivity index (χ4n) is 3.10. The van der Waals surface area contributed by atoms with E-state index in [1.54, 1.807) is 6.07 Å². The van der Waals surface area contributed by atoms with Crippen molar-refractivity contribution >= 4 is 23.3 Å². The number of hydrogen-bond acceptors (Lipinski definition) is 3. The molecule has 6 heteroatoms. The summed E-state index contributed by atoms with van der Waals surface area (Å²) in [7, 11) is 5.69. The number of rotatable bonds is 4. The number of imidazole rings is 1. The zero-order chi connectivity index (χ0) is 15.2. The fraction of sp³-hybridized carbons (Fsp3) is 0.533. The second-order valence-electron chi connectivity index (χ2n) is 5.99. The van der Waals surface area contributed by atoms with Crippen molar-refractivity contribution in [2.24, 2.45) is 0 Å². The number of nitrogens with zero attached hydrogens (tertiary/aromatic N) is 2. The van der Waals surface area contributed by atoms with Gasteiger partial charge in [-0.25, -0.2) is 4.39 Å². The lowest BCUT2D eigenvalue weighted by molar-refractivity contribution is 0.0431. The number of hydrogen-bond donors (Lipinski definition) is 1. The first kappa shape index (κ1) is 14.5. The minimum Gasteiger partial charge on any atom is -0.494 e. The van der Waals surface area contributed by atoms with Crippen molar-refractivity contribution < 1.29 is 9.13 Å². The van der Waals surface area contributed by atoms with Gasteiger partial charge < -0.3 is 19.2 Å². The summed E-state index contributed by atoms with van der Waals surface area (Å²) in [5, 5.41) is 0. The number of aromatic nitrogens is 2. The largest absolute Gasteiger partial charge is 0.494 e. The van der Waals surface area contributed by atoms with Crippen LogP contribution in [0.2, 0.25) is 0 Å². The van der Waals surface area contributed by atoms with Gasteiger partial charge in [0.15, 0.2) is 16.3 Å². The van der Waals surface area contributed by atoms with Crippen LogP contribution in [0.15, 0.2) is 12.1 Å². The van der Waals surface area contributed by atoms with Gasteiger partial charge >= 0.3 is 0 Å². The molecule has 4 nitrogen and oxygen atoms in total. The molecule has 0 atom stereocenters. The molecule has 2 aromatic rings. The van der Waals surface area contributed by atoms with Gasteiger partial charge in [0.1, 0.15) is 0 Å². The SMILES string of the molecule is COc1cc2c(cc1F)[nH]c(=S)n2CC1(N(C)C)CCC1. The molecule has 1 aromatic heterocycles. The highest BCUT2D eigenvalue weighted by molar-refractivity contribution is 7.71. The molecule has 0 unspecified atom stereocenters. The van der Waals surface area contributed by atoms with Crippen LogP contribution in [0.25, 0.3) is 11.0 Å². The number of ether oxygens (including phenoxy) is 1. The summed E-state index contributed by atoms with van der Waals surface area (Å²) in [6, 6.07) is 3.17. The lowest BCUT2D eigenvalue weighted by Gasteiger charge is -2.47. The molecule has 0 amide bonds. The van der Waals surface area contributed by atoms with Gasteiger partial charge in [0.2, 0.25) is 0 Å². The first-order valence-corrected chi connectivity index (χ1v) is 7.51. The van der Waals surface area contributed by atoms with E-state index in [-0.39, 0.29) is 17.1 Å². The number of halogens is 1. The van der Waals surface area contributed by atoms with Gasteiger partial charge in [0.05, 0.1) is 18.1 Å². The Balaban J connectivity index is 2.10. The number of likely N-dealkylation sites (N-methyl/N-ethyl adjacent to an activating group) is 1. The molecule has 0 radical (unpaired) electrons. The number of fused-ring (bicyclic) bond motifs is 1. The van der Waals surface area contributed by atoms with E-state index in [1.165, 1.54) is 19.6 Å². The maximum absolute atomic E-state index is 13.8. The van der Waals surface area contributed by atoms with Crippen molar-refractivity contribution in [3.05, 3.63) is 22.7 Å². The third-order valence-corrected chi connectivity index (χ3v) is 5.06. The van der Waals surface area contributed by atoms with Crippen molar-refractivity contribution in [1.82, 2.24) is 14.5 Å².